The SMILES string of the molecule is CC(C)(C)OC(=O)N[C@H](c1nc2c(F)c(C3COC[C@H]3C(=O)O)ccc2[nH]1)C1CCC(C(F)(F)F)CC1. The molecular formula is C25H31F4N3O5. The summed E-state index contributed by atoms with van der Waals surface area (Å²) in [5.74, 6) is -4.94. The van der Waals surface area contributed by atoms with Gasteiger partial charge in [0.2, 0.25) is 0 Å². The summed E-state index contributed by atoms with van der Waals surface area (Å²) < 4.78 is 65.9. The number of imidazole rings is 1. The maximum absolute atomic E-state index is 15.6. The standard InChI is InChI=1S/C25H31F4N3O5/c1-24(2,3)37-23(35)32-19(12-4-6-13(7-5-12)25(27,28)29)21-30-17-9-8-14(18(26)20(17)31-21)15-10-36-11-16(15)22(33)34/h8-9,12-13,15-16,19H,4-7,10-11H2,1-3H3,(H,30,31)(H,32,35)(H,33,34)/t12?,13?,15?,16-,19+/m1/s1. The van der Waals surface area contributed by atoms with Gasteiger partial charge in [-0.05, 0) is 64.0 Å². The molecule has 0 spiro atoms. The van der Waals surface area contributed by atoms with Crippen molar-refractivity contribution in [1.29, 1.82) is 0 Å². The predicted octanol–water partition coefficient (Wildman–Crippen LogP) is 5.45. The number of halogens is 4. The van der Waals surface area contributed by atoms with E-state index in [9.17, 15) is 27.9 Å². The second-order valence-electron chi connectivity index (χ2n) is 10.9. The molecule has 1 saturated heterocycles. The molecule has 2 aliphatic rings. The fourth-order valence-corrected chi connectivity index (χ4v) is 5.24. The number of carbonyl (C=O) groups is 2. The van der Waals surface area contributed by atoms with E-state index >= 15 is 4.39 Å². The molecule has 1 aliphatic carbocycles. The van der Waals surface area contributed by atoms with E-state index in [-0.39, 0.29) is 61.7 Å². The number of fused-ring (bicyclic) bond motifs is 1. The number of nitrogens with zero attached hydrogens (tertiary/aromatic N) is 1. The lowest BCUT2D eigenvalue weighted by Gasteiger charge is -2.34. The minimum atomic E-state index is -4.28. The van der Waals surface area contributed by atoms with Crippen LogP contribution in [0.2, 0.25) is 0 Å². The molecule has 1 unspecified atom stereocenters. The molecule has 2 heterocycles. The molecule has 4 rings (SSSR count). The number of carbonyl (C=O) groups excluding carboxylic acids is 1. The third-order valence-corrected chi connectivity index (χ3v) is 7.11. The Morgan fingerprint density at radius 3 is 2.43 bits per heavy atom. The van der Waals surface area contributed by atoms with Gasteiger partial charge in [0.25, 0.3) is 0 Å². The molecule has 12 heteroatoms. The number of amides is 1. The number of carboxylic acids is 1. The van der Waals surface area contributed by atoms with Crippen LogP contribution in [0.25, 0.3) is 11.0 Å². The van der Waals surface area contributed by atoms with Gasteiger partial charge in [-0.2, -0.15) is 13.2 Å². The highest BCUT2D eigenvalue weighted by atomic mass is 19.4. The number of H-pyrrole nitrogens is 1. The lowest BCUT2D eigenvalue weighted by molar-refractivity contribution is -0.184. The van der Waals surface area contributed by atoms with Gasteiger partial charge in [-0.25, -0.2) is 14.2 Å². The third kappa shape index (κ3) is 6.00. The Labute approximate surface area is 211 Å². The minimum absolute atomic E-state index is 0.0220. The molecule has 0 radical (unpaired) electrons. The Morgan fingerprint density at radius 2 is 1.84 bits per heavy atom. The first-order chi connectivity index (χ1) is 17.2. The Bertz CT molecular complexity index is 1150. The van der Waals surface area contributed by atoms with Gasteiger partial charge < -0.3 is 24.9 Å². The van der Waals surface area contributed by atoms with Crippen LogP contribution >= 0.6 is 0 Å². The van der Waals surface area contributed by atoms with Crippen molar-refractivity contribution >= 4 is 23.1 Å². The van der Waals surface area contributed by atoms with Crippen molar-refractivity contribution in [3.63, 3.8) is 0 Å². The summed E-state index contributed by atoms with van der Waals surface area (Å²) in [6, 6.07) is 2.23. The fraction of sp³-hybridized carbons (Fsp3) is 0.640. The van der Waals surface area contributed by atoms with E-state index in [1.54, 1.807) is 26.8 Å². The summed E-state index contributed by atoms with van der Waals surface area (Å²) in [7, 11) is 0. The topological polar surface area (TPSA) is 114 Å². The Hall–Kier alpha value is -2.89. The average Bonchev–Trinajstić information content (AvgIpc) is 3.44. The predicted molar refractivity (Wildman–Crippen MR) is 124 cm³/mol. The molecule has 204 valence electrons. The van der Waals surface area contributed by atoms with Gasteiger partial charge in [-0.15, -0.1) is 0 Å². The zero-order valence-electron chi connectivity index (χ0n) is 20.8. The lowest BCUT2D eigenvalue weighted by Crippen LogP contribution is -2.40. The van der Waals surface area contributed by atoms with E-state index < -0.39 is 53.5 Å². The van der Waals surface area contributed by atoms with Crippen molar-refractivity contribution in [2.75, 3.05) is 13.2 Å². The summed E-state index contributed by atoms with van der Waals surface area (Å²) in [4.78, 5) is 31.6. The molecule has 2 aromatic rings. The molecule has 3 N–H and O–H groups in total. The Balaban J connectivity index is 1.65. The summed E-state index contributed by atoms with van der Waals surface area (Å²) in [5.41, 5.74) is -0.357. The van der Waals surface area contributed by atoms with E-state index in [0.717, 1.165) is 0 Å². The monoisotopic (exact) mass is 529 g/mol. The normalized spacial score (nSPS) is 25.7. The van der Waals surface area contributed by atoms with Gasteiger partial charge in [-0.3, -0.25) is 4.79 Å². The van der Waals surface area contributed by atoms with Crippen LogP contribution in [0.3, 0.4) is 0 Å². The lowest BCUT2D eigenvalue weighted by atomic mass is 9.78. The number of alkyl carbamates (subject to hydrolysis) is 1. The molecule has 37 heavy (non-hydrogen) atoms. The average molecular weight is 530 g/mol. The number of aromatic nitrogens is 2. The highest BCUT2D eigenvalue weighted by Crippen LogP contribution is 2.43. The van der Waals surface area contributed by atoms with E-state index in [1.165, 1.54) is 6.07 Å². The van der Waals surface area contributed by atoms with E-state index in [1.807, 2.05) is 0 Å². The number of alkyl halides is 3. The van der Waals surface area contributed by atoms with Crippen LogP contribution in [0, 0.1) is 23.6 Å². The second-order valence-corrected chi connectivity index (χ2v) is 10.9. The van der Waals surface area contributed by atoms with Gasteiger partial charge >= 0.3 is 18.2 Å². The van der Waals surface area contributed by atoms with Crippen molar-refractivity contribution in [3.8, 4) is 0 Å². The van der Waals surface area contributed by atoms with E-state index in [4.69, 9.17) is 9.47 Å². The molecule has 1 amide bonds. The largest absolute Gasteiger partial charge is 0.481 e. The summed E-state index contributed by atoms with van der Waals surface area (Å²) >= 11 is 0. The fourth-order valence-electron chi connectivity index (χ4n) is 5.24. The quantitative estimate of drug-likeness (QED) is 0.444. The number of hydrogen-bond donors (Lipinski definition) is 3. The second kappa shape index (κ2) is 10.1. The Kier molecular flexibility index (Phi) is 7.42. The van der Waals surface area contributed by atoms with E-state index in [2.05, 4.69) is 15.3 Å². The van der Waals surface area contributed by atoms with Gasteiger partial charge in [0.05, 0.1) is 36.6 Å². The molecule has 2 fully saturated rings. The minimum Gasteiger partial charge on any atom is -0.481 e. The number of hydrogen-bond acceptors (Lipinski definition) is 5. The van der Waals surface area contributed by atoms with Crippen LogP contribution in [0.15, 0.2) is 12.1 Å². The zero-order valence-corrected chi connectivity index (χ0v) is 20.8. The van der Waals surface area contributed by atoms with Crippen LogP contribution in [-0.2, 0) is 14.3 Å². The first-order valence-corrected chi connectivity index (χ1v) is 12.3. The van der Waals surface area contributed by atoms with Crippen molar-refractivity contribution in [2.24, 2.45) is 17.8 Å². The molecule has 0 bridgehead atoms. The zero-order chi connectivity index (χ0) is 27.1. The first kappa shape index (κ1) is 27.2. The molecule has 3 atom stereocenters. The molecule has 1 saturated carbocycles. The van der Waals surface area contributed by atoms with Gasteiger partial charge in [0.15, 0.2) is 5.82 Å². The highest BCUT2D eigenvalue weighted by molar-refractivity contribution is 5.78. The number of carboxylic acid groups (broad SMARTS) is 1. The smallest absolute Gasteiger partial charge is 0.408 e. The van der Waals surface area contributed by atoms with Gasteiger partial charge in [-0.1, -0.05) is 6.07 Å². The first-order valence-electron chi connectivity index (χ1n) is 12.3. The number of aliphatic carboxylic acids is 1. The van der Waals surface area contributed by atoms with Crippen molar-refractivity contribution in [1.82, 2.24) is 15.3 Å². The van der Waals surface area contributed by atoms with Crippen molar-refractivity contribution in [2.45, 2.75) is 70.2 Å². The number of aromatic amines is 1. The van der Waals surface area contributed by atoms with Crippen LogP contribution in [0.4, 0.5) is 22.4 Å². The van der Waals surface area contributed by atoms with Gasteiger partial charge in [0, 0.05) is 5.92 Å². The number of rotatable bonds is 5. The van der Waals surface area contributed by atoms with Gasteiger partial charge in [0.1, 0.15) is 16.9 Å². The molecule has 8 nitrogen and oxygen atoms in total. The van der Waals surface area contributed by atoms with Crippen molar-refractivity contribution < 1.29 is 41.7 Å². The van der Waals surface area contributed by atoms with Crippen LogP contribution in [0.5, 0.6) is 0 Å². The van der Waals surface area contributed by atoms with Crippen molar-refractivity contribution in [3.05, 3.63) is 29.3 Å². The number of benzene rings is 1. The summed E-state index contributed by atoms with van der Waals surface area (Å²) in [6.07, 6.45) is -4.83. The maximum atomic E-state index is 15.6. The Morgan fingerprint density at radius 1 is 1.16 bits per heavy atom. The van der Waals surface area contributed by atoms with E-state index in [0.29, 0.717) is 5.52 Å². The number of ether oxygens (including phenoxy) is 2. The van der Waals surface area contributed by atoms with Crippen LogP contribution < -0.4 is 5.32 Å². The summed E-state index contributed by atoms with van der Waals surface area (Å²) in [5, 5.41) is 12.2. The summed E-state index contributed by atoms with van der Waals surface area (Å²) in [6.45, 7) is 5.09. The molecule has 1 aromatic carbocycles. The molecular weight excluding hydrogens is 498 g/mol. The third-order valence-electron chi connectivity index (χ3n) is 7.11. The molecule has 1 aliphatic heterocycles. The maximum Gasteiger partial charge on any atom is 0.408 e. The van der Waals surface area contributed by atoms with Crippen LogP contribution in [-0.4, -0.2) is 52.1 Å². The number of nitrogens with one attached hydrogen (secondary N) is 2. The van der Waals surface area contributed by atoms with Crippen LogP contribution in [0.1, 0.15) is 69.8 Å². The highest BCUT2D eigenvalue weighted by Gasteiger charge is 2.44. The molecule has 1 aromatic heterocycles.